The summed E-state index contributed by atoms with van der Waals surface area (Å²) in [5.41, 5.74) is 11.7. The van der Waals surface area contributed by atoms with Crippen LogP contribution < -0.4 is 0 Å². The minimum Gasteiger partial charge on any atom is -0.464 e. The monoisotopic (exact) mass is 526 g/mol. The molecule has 2 heterocycles. The van der Waals surface area contributed by atoms with Crippen LogP contribution in [0.4, 0.5) is 0 Å². The first-order valence-electron chi connectivity index (χ1n) is 14.4. The third kappa shape index (κ3) is 4.44. The lowest BCUT2D eigenvalue weighted by Gasteiger charge is -2.24. The average Bonchev–Trinajstić information content (AvgIpc) is 3.53. The SMILES string of the molecule is CC(C)c1cc(-c2ccccc2)cc(C(C)C)c1-n1c(-c2coc3ccc(C(C)(C)C)cc23)nc2ccccc21. The van der Waals surface area contributed by atoms with E-state index < -0.39 is 0 Å². The normalized spacial score (nSPS) is 12.3. The molecule has 0 saturated carbocycles. The van der Waals surface area contributed by atoms with E-state index in [1.54, 1.807) is 0 Å². The van der Waals surface area contributed by atoms with Crippen LogP contribution in [0.15, 0.2) is 95.6 Å². The molecule has 0 aliphatic carbocycles. The van der Waals surface area contributed by atoms with E-state index in [9.17, 15) is 0 Å². The first-order chi connectivity index (χ1) is 19.1. The molecule has 0 aliphatic heterocycles. The van der Waals surface area contributed by atoms with Crippen molar-refractivity contribution in [1.82, 2.24) is 9.55 Å². The maximum atomic E-state index is 6.14. The van der Waals surface area contributed by atoms with E-state index in [1.165, 1.54) is 33.5 Å². The summed E-state index contributed by atoms with van der Waals surface area (Å²) < 4.78 is 8.53. The average molecular weight is 527 g/mol. The molecule has 0 saturated heterocycles. The van der Waals surface area contributed by atoms with E-state index in [2.05, 4.69) is 138 Å². The van der Waals surface area contributed by atoms with E-state index in [0.29, 0.717) is 11.8 Å². The van der Waals surface area contributed by atoms with E-state index in [0.717, 1.165) is 33.4 Å². The van der Waals surface area contributed by atoms with Gasteiger partial charge in [-0.2, -0.15) is 0 Å². The van der Waals surface area contributed by atoms with Gasteiger partial charge in [0.05, 0.1) is 22.3 Å². The summed E-state index contributed by atoms with van der Waals surface area (Å²) in [6.45, 7) is 15.9. The molecule has 6 rings (SSSR count). The molecule has 40 heavy (non-hydrogen) atoms. The van der Waals surface area contributed by atoms with Crippen LogP contribution in [0.25, 0.3) is 50.2 Å². The van der Waals surface area contributed by atoms with Crippen LogP contribution in [0.2, 0.25) is 0 Å². The molecule has 4 aromatic carbocycles. The number of furan rings is 1. The van der Waals surface area contributed by atoms with Gasteiger partial charge in [0.2, 0.25) is 0 Å². The topological polar surface area (TPSA) is 31.0 Å². The summed E-state index contributed by atoms with van der Waals surface area (Å²) in [4.78, 5) is 5.26. The second-order valence-corrected chi connectivity index (χ2v) is 12.5. The van der Waals surface area contributed by atoms with E-state index >= 15 is 0 Å². The van der Waals surface area contributed by atoms with Gasteiger partial charge in [-0.15, -0.1) is 0 Å². The molecular formula is C37H38N2O. The van der Waals surface area contributed by atoms with E-state index in [-0.39, 0.29) is 5.41 Å². The lowest BCUT2D eigenvalue weighted by Crippen LogP contribution is -2.10. The molecule has 0 spiro atoms. The summed E-state index contributed by atoms with van der Waals surface area (Å²) in [5, 5.41) is 1.10. The van der Waals surface area contributed by atoms with Gasteiger partial charge in [-0.25, -0.2) is 4.98 Å². The zero-order valence-corrected chi connectivity index (χ0v) is 24.6. The molecule has 0 bridgehead atoms. The molecule has 6 aromatic rings. The van der Waals surface area contributed by atoms with Gasteiger partial charge in [0.25, 0.3) is 0 Å². The van der Waals surface area contributed by atoms with Crippen LogP contribution in [0, 0.1) is 0 Å². The molecule has 3 heteroatoms. The molecule has 0 atom stereocenters. The number of imidazole rings is 1. The quantitative estimate of drug-likeness (QED) is 0.224. The summed E-state index contributed by atoms with van der Waals surface area (Å²) in [6.07, 6.45) is 1.89. The number of fused-ring (bicyclic) bond motifs is 2. The molecule has 0 fully saturated rings. The Balaban J connectivity index is 1.70. The highest BCUT2D eigenvalue weighted by molar-refractivity contribution is 5.96. The van der Waals surface area contributed by atoms with Crippen molar-refractivity contribution in [2.75, 3.05) is 0 Å². The molecule has 0 amide bonds. The second-order valence-electron chi connectivity index (χ2n) is 12.5. The van der Waals surface area contributed by atoms with Crippen molar-refractivity contribution in [2.45, 2.75) is 65.7 Å². The summed E-state index contributed by atoms with van der Waals surface area (Å²) in [7, 11) is 0. The molecule has 0 aliphatic rings. The van der Waals surface area contributed by atoms with Gasteiger partial charge in [-0.05, 0) is 81.5 Å². The maximum absolute atomic E-state index is 6.14. The fourth-order valence-corrected chi connectivity index (χ4v) is 5.72. The van der Waals surface area contributed by atoms with Crippen molar-refractivity contribution in [3.05, 3.63) is 108 Å². The van der Waals surface area contributed by atoms with Crippen LogP contribution in [-0.2, 0) is 5.41 Å². The Kier molecular flexibility index (Phi) is 6.41. The molecule has 3 nitrogen and oxygen atoms in total. The number of nitrogens with zero attached hydrogens (tertiary/aromatic N) is 2. The molecule has 202 valence electrons. The van der Waals surface area contributed by atoms with Gasteiger partial charge in [0.15, 0.2) is 0 Å². The summed E-state index contributed by atoms with van der Waals surface area (Å²) in [5.74, 6) is 1.56. The van der Waals surface area contributed by atoms with Gasteiger partial charge < -0.3 is 4.42 Å². The fraction of sp³-hybridized carbons (Fsp3) is 0.270. The van der Waals surface area contributed by atoms with Crippen molar-refractivity contribution in [3.63, 3.8) is 0 Å². The number of rotatable bonds is 5. The third-order valence-electron chi connectivity index (χ3n) is 7.98. The number of hydrogen-bond acceptors (Lipinski definition) is 2. The Morgan fingerprint density at radius 1 is 0.725 bits per heavy atom. The standard InChI is InChI=1S/C37H38N2O/c1-23(2)28-19-26(25-13-9-8-10-14-25)20-29(24(3)4)35(28)39-33-16-12-11-15-32(33)38-36(39)31-22-40-34-18-17-27(21-30(31)34)37(5,6)7/h8-24H,1-7H3. The Bertz CT molecular complexity index is 1800. The van der Waals surface area contributed by atoms with Crippen molar-refractivity contribution >= 4 is 22.0 Å². The smallest absolute Gasteiger partial charge is 0.149 e. The second kappa shape index (κ2) is 9.82. The lowest BCUT2D eigenvalue weighted by molar-refractivity contribution is 0.589. The van der Waals surface area contributed by atoms with Crippen molar-refractivity contribution < 1.29 is 4.42 Å². The van der Waals surface area contributed by atoms with Crippen LogP contribution in [0.3, 0.4) is 0 Å². The largest absolute Gasteiger partial charge is 0.464 e. The Morgan fingerprint density at radius 3 is 2.02 bits per heavy atom. The molecule has 0 unspecified atom stereocenters. The molecule has 0 N–H and O–H groups in total. The third-order valence-corrected chi connectivity index (χ3v) is 7.98. The number of aromatic nitrogens is 2. The van der Waals surface area contributed by atoms with Crippen LogP contribution in [0.1, 0.15) is 77.0 Å². The van der Waals surface area contributed by atoms with Gasteiger partial charge in [0.1, 0.15) is 17.7 Å². The highest BCUT2D eigenvalue weighted by Crippen LogP contribution is 2.42. The van der Waals surface area contributed by atoms with E-state index in [1.807, 2.05) is 6.26 Å². The van der Waals surface area contributed by atoms with Crippen molar-refractivity contribution in [1.29, 1.82) is 0 Å². The Hall–Kier alpha value is -4.11. The maximum Gasteiger partial charge on any atom is 0.149 e. The van der Waals surface area contributed by atoms with Crippen molar-refractivity contribution in [2.24, 2.45) is 0 Å². The number of benzene rings is 4. The number of hydrogen-bond donors (Lipinski definition) is 0. The van der Waals surface area contributed by atoms with Crippen LogP contribution >= 0.6 is 0 Å². The fourth-order valence-electron chi connectivity index (χ4n) is 5.72. The predicted octanol–water partition coefficient (Wildman–Crippen LogP) is 10.6. The van der Waals surface area contributed by atoms with Gasteiger partial charge in [0, 0.05) is 5.39 Å². The van der Waals surface area contributed by atoms with Gasteiger partial charge in [-0.3, -0.25) is 4.57 Å². The zero-order chi connectivity index (χ0) is 28.2. The molecule has 2 aromatic heterocycles. The first-order valence-corrected chi connectivity index (χ1v) is 14.4. The lowest BCUT2D eigenvalue weighted by atomic mass is 9.86. The predicted molar refractivity (Wildman–Crippen MR) is 169 cm³/mol. The summed E-state index contributed by atoms with van der Waals surface area (Å²) in [6, 6.07) is 30.5. The van der Waals surface area contributed by atoms with Crippen LogP contribution in [0.5, 0.6) is 0 Å². The highest BCUT2D eigenvalue weighted by atomic mass is 16.3. The summed E-state index contributed by atoms with van der Waals surface area (Å²) >= 11 is 0. The van der Waals surface area contributed by atoms with Crippen LogP contribution in [-0.4, -0.2) is 9.55 Å². The Morgan fingerprint density at radius 2 is 1.38 bits per heavy atom. The molecular weight excluding hydrogens is 488 g/mol. The highest BCUT2D eigenvalue weighted by Gasteiger charge is 2.25. The minimum atomic E-state index is 0.0335. The Labute approximate surface area is 237 Å². The minimum absolute atomic E-state index is 0.0335. The van der Waals surface area contributed by atoms with Gasteiger partial charge >= 0.3 is 0 Å². The molecule has 0 radical (unpaired) electrons. The van der Waals surface area contributed by atoms with E-state index in [4.69, 9.17) is 9.40 Å². The number of para-hydroxylation sites is 2. The zero-order valence-electron chi connectivity index (χ0n) is 24.6. The first kappa shape index (κ1) is 26.1. The van der Waals surface area contributed by atoms with Crippen molar-refractivity contribution in [3.8, 4) is 28.2 Å². The van der Waals surface area contributed by atoms with Gasteiger partial charge in [-0.1, -0.05) is 97.0 Å².